The molecule has 0 saturated carbocycles. The highest BCUT2D eigenvalue weighted by molar-refractivity contribution is 5.97. The maximum Gasteiger partial charge on any atom is 0.273 e. The lowest BCUT2D eigenvalue weighted by atomic mass is 10.1. The van der Waals surface area contributed by atoms with Gasteiger partial charge in [-0.15, -0.1) is 0 Å². The molecule has 0 fully saturated rings. The zero-order valence-corrected chi connectivity index (χ0v) is 11.6. The second kappa shape index (κ2) is 6.56. The van der Waals surface area contributed by atoms with Gasteiger partial charge in [0.05, 0.1) is 12.0 Å². The van der Waals surface area contributed by atoms with Crippen molar-refractivity contribution in [2.45, 2.75) is 13.3 Å². The van der Waals surface area contributed by atoms with E-state index in [4.69, 9.17) is 0 Å². The second-order valence-electron chi connectivity index (χ2n) is 4.68. The van der Waals surface area contributed by atoms with Crippen LogP contribution in [0.1, 0.15) is 21.5 Å². The van der Waals surface area contributed by atoms with E-state index in [1.807, 2.05) is 31.2 Å². The Labute approximate surface area is 122 Å². The summed E-state index contributed by atoms with van der Waals surface area (Å²) < 4.78 is 0. The monoisotopic (exact) mass is 284 g/mol. The summed E-state index contributed by atoms with van der Waals surface area (Å²) in [6.45, 7) is 1.97. The van der Waals surface area contributed by atoms with Crippen LogP contribution in [-0.2, 0) is 11.2 Å². The zero-order valence-electron chi connectivity index (χ0n) is 11.6. The van der Waals surface area contributed by atoms with Gasteiger partial charge >= 0.3 is 0 Å². The molecule has 0 heterocycles. The lowest BCUT2D eigenvalue weighted by Crippen LogP contribution is -2.42. The number of hydrazine groups is 1. The molecule has 21 heavy (non-hydrogen) atoms. The number of aromatic hydroxyl groups is 1. The zero-order chi connectivity index (χ0) is 15.2. The quantitative estimate of drug-likeness (QED) is 0.751. The average molecular weight is 284 g/mol. The molecule has 2 aromatic rings. The molecule has 0 aromatic heterocycles. The summed E-state index contributed by atoms with van der Waals surface area (Å²) in [5.41, 5.74) is 6.67. The SMILES string of the molecule is Cc1ccc(CC(=O)NNC(=O)c2ccccc2O)cc1. The number of rotatable bonds is 3. The Balaban J connectivity index is 1.88. The van der Waals surface area contributed by atoms with E-state index >= 15 is 0 Å². The lowest BCUT2D eigenvalue weighted by molar-refractivity contribution is -0.121. The first kappa shape index (κ1) is 14.6. The number of hydrogen-bond acceptors (Lipinski definition) is 3. The molecule has 5 nitrogen and oxygen atoms in total. The van der Waals surface area contributed by atoms with Gasteiger partial charge < -0.3 is 5.11 Å². The van der Waals surface area contributed by atoms with Crippen molar-refractivity contribution >= 4 is 11.8 Å². The van der Waals surface area contributed by atoms with E-state index in [1.165, 1.54) is 12.1 Å². The number of hydrogen-bond donors (Lipinski definition) is 3. The highest BCUT2D eigenvalue weighted by Crippen LogP contribution is 2.14. The van der Waals surface area contributed by atoms with E-state index in [1.54, 1.807) is 12.1 Å². The topological polar surface area (TPSA) is 78.4 Å². The first-order valence-corrected chi connectivity index (χ1v) is 6.49. The summed E-state index contributed by atoms with van der Waals surface area (Å²) in [7, 11) is 0. The Bertz CT molecular complexity index is 651. The maximum atomic E-state index is 11.8. The fraction of sp³-hybridized carbons (Fsp3) is 0.125. The molecule has 0 aliphatic heterocycles. The third-order valence-corrected chi connectivity index (χ3v) is 2.95. The molecule has 3 N–H and O–H groups in total. The Morgan fingerprint density at radius 1 is 1.00 bits per heavy atom. The van der Waals surface area contributed by atoms with E-state index < -0.39 is 5.91 Å². The molecule has 108 valence electrons. The molecule has 5 heteroatoms. The van der Waals surface area contributed by atoms with Crippen LogP contribution in [0.2, 0.25) is 0 Å². The van der Waals surface area contributed by atoms with Crippen LogP contribution in [0.4, 0.5) is 0 Å². The maximum absolute atomic E-state index is 11.8. The molecule has 0 bridgehead atoms. The number of benzene rings is 2. The molecular weight excluding hydrogens is 268 g/mol. The van der Waals surface area contributed by atoms with Crippen molar-refractivity contribution in [3.8, 4) is 5.75 Å². The smallest absolute Gasteiger partial charge is 0.273 e. The van der Waals surface area contributed by atoms with Crippen LogP contribution in [0.5, 0.6) is 5.75 Å². The first-order chi connectivity index (χ1) is 10.1. The summed E-state index contributed by atoms with van der Waals surface area (Å²) in [6.07, 6.45) is 0.168. The Morgan fingerprint density at radius 2 is 1.67 bits per heavy atom. The third-order valence-electron chi connectivity index (χ3n) is 2.95. The van der Waals surface area contributed by atoms with Crippen LogP contribution < -0.4 is 10.9 Å². The molecule has 0 atom stereocenters. The number of phenolic OH excluding ortho intramolecular Hbond substituents is 1. The predicted molar refractivity (Wildman–Crippen MR) is 78.6 cm³/mol. The molecule has 0 aliphatic carbocycles. The number of carbonyl (C=O) groups excluding carboxylic acids is 2. The minimum absolute atomic E-state index is 0.105. The van der Waals surface area contributed by atoms with Gasteiger partial charge in [0.15, 0.2) is 0 Å². The number of aryl methyl sites for hydroxylation is 1. The van der Waals surface area contributed by atoms with E-state index in [9.17, 15) is 14.7 Å². The molecule has 2 amide bonds. The minimum atomic E-state index is -0.564. The van der Waals surface area contributed by atoms with Crippen molar-refractivity contribution in [3.05, 3.63) is 65.2 Å². The first-order valence-electron chi connectivity index (χ1n) is 6.49. The van der Waals surface area contributed by atoms with Gasteiger partial charge in [0.1, 0.15) is 5.75 Å². The lowest BCUT2D eigenvalue weighted by Gasteiger charge is -2.08. The summed E-state index contributed by atoms with van der Waals surface area (Å²) in [5.74, 6) is -1.03. The van der Waals surface area contributed by atoms with Gasteiger partial charge in [0, 0.05) is 0 Å². The number of amides is 2. The van der Waals surface area contributed by atoms with Gasteiger partial charge in [-0.3, -0.25) is 20.4 Å². The summed E-state index contributed by atoms with van der Waals surface area (Å²) in [5, 5.41) is 9.53. The number of nitrogens with one attached hydrogen (secondary N) is 2. The van der Waals surface area contributed by atoms with Crippen LogP contribution in [-0.4, -0.2) is 16.9 Å². The van der Waals surface area contributed by atoms with Gasteiger partial charge in [-0.25, -0.2) is 0 Å². The van der Waals surface area contributed by atoms with Crippen molar-refractivity contribution in [1.29, 1.82) is 0 Å². The molecule has 0 saturated heterocycles. The third kappa shape index (κ3) is 4.07. The van der Waals surface area contributed by atoms with Gasteiger partial charge in [-0.05, 0) is 24.6 Å². The highest BCUT2D eigenvalue weighted by atomic mass is 16.3. The molecule has 0 unspecified atom stereocenters. The van der Waals surface area contributed by atoms with E-state index in [2.05, 4.69) is 10.9 Å². The molecule has 0 spiro atoms. The van der Waals surface area contributed by atoms with E-state index in [-0.39, 0.29) is 23.6 Å². The van der Waals surface area contributed by atoms with Gasteiger partial charge in [0.2, 0.25) is 5.91 Å². The normalized spacial score (nSPS) is 9.95. The largest absolute Gasteiger partial charge is 0.507 e. The van der Waals surface area contributed by atoms with Crippen molar-refractivity contribution in [1.82, 2.24) is 10.9 Å². The Kier molecular flexibility index (Phi) is 4.56. The van der Waals surface area contributed by atoms with Gasteiger partial charge in [-0.1, -0.05) is 42.0 Å². The molecule has 2 rings (SSSR count). The van der Waals surface area contributed by atoms with Crippen LogP contribution in [0.3, 0.4) is 0 Å². The van der Waals surface area contributed by atoms with E-state index in [0.717, 1.165) is 11.1 Å². The molecule has 0 radical (unpaired) electrons. The standard InChI is InChI=1S/C16H16N2O3/c1-11-6-8-12(9-7-11)10-15(20)17-18-16(21)13-4-2-3-5-14(13)19/h2-9,19H,10H2,1H3,(H,17,20)(H,18,21). The van der Waals surface area contributed by atoms with Gasteiger partial charge in [0.25, 0.3) is 5.91 Å². The highest BCUT2D eigenvalue weighted by Gasteiger charge is 2.11. The fourth-order valence-electron chi connectivity index (χ4n) is 1.79. The summed E-state index contributed by atoms with van der Waals surface area (Å²) in [6, 6.07) is 13.7. The van der Waals surface area contributed by atoms with Gasteiger partial charge in [-0.2, -0.15) is 0 Å². The molecular formula is C16H16N2O3. The summed E-state index contributed by atoms with van der Waals surface area (Å²) in [4.78, 5) is 23.5. The second-order valence-corrected chi connectivity index (χ2v) is 4.68. The fourth-order valence-corrected chi connectivity index (χ4v) is 1.79. The summed E-state index contributed by atoms with van der Waals surface area (Å²) >= 11 is 0. The van der Waals surface area contributed by atoms with Crippen molar-refractivity contribution in [2.24, 2.45) is 0 Å². The van der Waals surface area contributed by atoms with Crippen molar-refractivity contribution in [2.75, 3.05) is 0 Å². The average Bonchev–Trinajstić information content (AvgIpc) is 2.48. The van der Waals surface area contributed by atoms with Crippen LogP contribution >= 0.6 is 0 Å². The van der Waals surface area contributed by atoms with Crippen LogP contribution in [0, 0.1) is 6.92 Å². The number of para-hydroxylation sites is 1. The van der Waals surface area contributed by atoms with Crippen molar-refractivity contribution in [3.63, 3.8) is 0 Å². The minimum Gasteiger partial charge on any atom is -0.507 e. The predicted octanol–water partition coefficient (Wildman–Crippen LogP) is 1.70. The van der Waals surface area contributed by atoms with Crippen LogP contribution in [0.25, 0.3) is 0 Å². The number of carbonyl (C=O) groups is 2. The Hall–Kier alpha value is -2.82. The van der Waals surface area contributed by atoms with Crippen LogP contribution in [0.15, 0.2) is 48.5 Å². The van der Waals surface area contributed by atoms with Crippen molar-refractivity contribution < 1.29 is 14.7 Å². The molecule has 0 aliphatic rings. The number of phenols is 1. The Morgan fingerprint density at radius 3 is 2.33 bits per heavy atom. The molecule has 2 aromatic carbocycles. The van der Waals surface area contributed by atoms with E-state index in [0.29, 0.717) is 0 Å².